The molecule has 1 fully saturated rings. The summed E-state index contributed by atoms with van der Waals surface area (Å²) in [5.74, 6) is 1.47. The van der Waals surface area contributed by atoms with Gasteiger partial charge < -0.3 is 15.2 Å². The largest absolute Gasteiger partial charge is 0.496 e. The summed E-state index contributed by atoms with van der Waals surface area (Å²) < 4.78 is 10.8. The predicted octanol–water partition coefficient (Wildman–Crippen LogP) is 1.91. The third-order valence-corrected chi connectivity index (χ3v) is 3.47. The summed E-state index contributed by atoms with van der Waals surface area (Å²) >= 11 is 0. The van der Waals surface area contributed by atoms with Crippen LogP contribution in [-0.4, -0.2) is 26.4 Å². The summed E-state index contributed by atoms with van der Waals surface area (Å²) in [7, 11) is 1.72. The van der Waals surface area contributed by atoms with Gasteiger partial charge in [-0.25, -0.2) is 0 Å². The molecule has 1 heterocycles. The van der Waals surface area contributed by atoms with Gasteiger partial charge in [-0.15, -0.1) is 0 Å². The van der Waals surface area contributed by atoms with Crippen molar-refractivity contribution in [1.29, 1.82) is 0 Å². The Bertz CT molecular complexity index is 378. The SMILES string of the molecule is COc1ccc(C)cc1CC1CCOCC1N. The first-order valence-electron chi connectivity index (χ1n) is 6.17. The van der Waals surface area contributed by atoms with E-state index in [-0.39, 0.29) is 6.04 Å². The maximum absolute atomic E-state index is 6.09. The van der Waals surface area contributed by atoms with Crippen molar-refractivity contribution in [3.05, 3.63) is 29.3 Å². The Hall–Kier alpha value is -1.06. The van der Waals surface area contributed by atoms with Crippen LogP contribution in [0.1, 0.15) is 17.5 Å². The van der Waals surface area contributed by atoms with E-state index in [1.807, 2.05) is 6.07 Å². The van der Waals surface area contributed by atoms with Crippen LogP contribution in [-0.2, 0) is 11.2 Å². The molecule has 1 saturated heterocycles. The van der Waals surface area contributed by atoms with Gasteiger partial charge in [-0.1, -0.05) is 17.7 Å². The molecule has 2 N–H and O–H groups in total. The van der Waals surface area contributed by atoms with Crippen molar-refractivity contribution in [2.45, 2.75) is 25.8 Å². The average molecular weight is 235 g/mol. The third-order valence-electron chi connectivity index (χ3n) is 3.47. The number of aryl methyl sites for hydroxylation is 1. The van der Waals surface area contributed by atoms with Crippen LogP contribution in [0.5, 0.6) is 5.75 Å². The zero-order valence-electron chi connectivity index (χ0n) is 10.6. The average Bonchev–Trinajstić information content (AvgIpc) is 2.32. The van der Waals surface area contributed by atoms with Crippen molar-refractivity contribution in [2.75, 3.05) is 20.3 Å². The van der Waals surface area contributed by atoms with E-state index in [1.165, 1.54) is 11.1 Å². The van der Waals surface area contributed by atoms with E-state index in [4.69, 9.17) is 15.2 Å². The molecule has 0 amide bonds. The van der Waals surface area contributed by atoms with E-state index >= 15 is 0 Å². The molecule has 1 aliphatic heterocycles. The molecule has 0 spiro atoms. The van der Waals surface area contributed by atoms with Gasteiger partial charge >= 0.3 is 0 Å². The first-order valence-corrected chi connectivity index (χ1v) is 6.17. The van der Waals surface area contributed by atoms with Crippen molar-refractivity contribution in [3.8, 4) is 5.75 Å². The highest BCUT2D eigenvalue weighted by Crippen LogP contribution is 2.26. The number of hydrogen-bond donors (Lipinski definition) is 1. The molecule has 2 rings (SSSR count). The lowest BCUT2D eigenvalue weighted by atomic mass is 9.88. The fourth-order valence-electron chi connectivity index (χ4n) is 2.41. The number of methoxy groups -OCH3 is 1. The van der Waals surface area contributed by atoms with E-state index in [2.05, 4.69) is 19.1 Å². The monoisotopic (exact) mass is 235 g/mol. The van der Waals surface area contributed by atoms with Gasteiger partial charge in [0, 0.05) is 12.6 Å². The van der Waals surface area contributed by atoms with E-state index in [9.17, 15) is 0 Å². The lowest BCUT2D eigenvalue weighted by molar-refractivity contribution is 0.0491. The Morgan fingerprint density at radius 2 is 2.29 bits per heavy atom. The molecule has 3 heteroatoms. The molecule has 1 aromatic rings. The minimum atomic E-state index is 0.147. The van der Waals surface area contributed by atoms with Gasteiger partial charge in [0.05, 0.1) is 13.7 Å². The van der Waals surface area contributed by atoms with Crippen molar-refractivity contribution < 1.29 is 9.47 Å². The van der Waals surface area contributed by atoms with E-state index in [0.29, 0.717) is 12.5 Å². The molecule has 2 atom stereocenters. The second kappa shape index (κ2) is 5.52. The number of rotatable bonds is 3. The lowest BCUT2D eigenvalue weighted by Crippen LogP contribution is -2.40. The maximum Gasteiger partial charge on any atom is 0.122 e. The van der Waals surface area contributed by atoms with Crippen molar-refractivity contribution in [2.24, 2.45) is 11.7 Å². The lowest BCUT2D eigenvalue weighted by Gasteiger charge is -2.29. The molecule has 1 aromatic carbocycles. The molecule has 94 valence electrons. The van der Waals surface area contributed by atoms with Gasteiger partial charge in [-0.2, -0.15) is 0 Å². The van der Waals surface area contributed by atoms with Crippen molar-refractivity contribution >= 4 is 0 Å². The summed E-state index contributed by atoms with van der Waals surface area (Å²) in [5, 5.41) is 0. The zero-order valence-corrected chi connectivity index (χ0v) is 10.6. The predicted molar refractivity (Wildman–Crippen MR) is 68.3 cm³/mol. The van der Waals surface area contributed by atoms with Crippen LogP contribution in [0.25, 0.3) is 0 Å². The quantitative estimate of drug-likeness (QED) is 0.870. The second-order valence-electron chi connectivity index (χ2n) is 4.81. The Labute approximate surface area is 103 Å². The van der Waals surface area contributed by atoms with Crippen LogP contribution >= 0.6 is 0 Å². The van der Waals surface area contributed by atoms with Crippen LogP contribution in [0.3, 0.4) is 0 Å². The smallest absolute Gasteiger partial charge is 0.122 e. The number of ether oxygens (including phenoxy) is 2. The normalized spacial score (nSPS) is 24.6. The van der Waals surface area contributed by atoms with E-state index < -0.39 is 0 Å². The Morgan fingerprint density at radius 1 is 1.47 bits per heavy atom. The first-order chi connectivity index (χ1) is 8.20. The standard InChI is InChI=1S/C14H21NO2/c1-10-3-4-14(16-2)12(7-10)8-11-5-6-17-9-13(11)15/h3-4,7,11,13H,5-6,8-9,15H2,1-2H3. The number of benzene rings is 1. The molecule has 2 unspecified atom stereocenters. The molecule has 1 aliphatic rings. The van der Waals surface area contributed by atoms with Gasteiger partial charge in [0.2, 0.25) is 0 Å². The Morgan fingerprint density at radius 3 is 3.00 bits per heavy atom. The van der Waals surface area contributed by atoms with Crippen LogP contribution in [0.2, 0.25) is 0 Å². The van der Waals surface area contributed by atoms with Crippen LogP contribution < -0.4 is 10.5 Å². The summed E-state index contributed by atoms with van der Waals surface area (Å²) in [6.07, 6.45) is 2.02. The molecular weight excluding hydrogens is 214 g/mol. The summed E-state index contributed by atoms with van der Waals surface area (Å²) in [4.78, 5) is 0. The van der Waals surface area contributed by atoms with Crippen LogP contribution in [0, 0.1) is 12.8 Å². The molecule has 0 saturated carbocycles. The summed E-state index contributed by atoms with van der Waals surface area (Å²) in [5.41, 5.74) is 8.61. The fraction of sp³-hybridized carbons (Fsp3) is 0.571. The second-order valence-corrected chi connectivity index (χ2v) is 4.81. The van der Waals surface area contributed by atoms with Crippen molar-refractivity contribution in [3.63, 3.8) is 0 Å². The fourth-order valence-corrected chi connectivity index (χ4v) is 2.41. The number of hydrogen-bond acceptors (Lipinski definition) is 3. The van der Waals surface area contributed by atoms with Gasteiger partial charge in [-0.3, -0.25) is 0 Å². The molecule has 0 aromatic heterocycles. The molecule has 3 nitrogen and oxygen atoms in total. The minimum absolute atomic E-state index is 0.147. The van der Waals surface area contributed by atoms with E-state index in [0.717, 1.165) is 25.2 Å². The topological polar surface area (TPSA) is 44.5 Å². The molecule has 0 radical (unpaired) electrons. The molecular formula is C14H21NO2. The van der Waals surface area contributed by atoms with Gasteiger partial charge in [0.15, 0.2) is 0 Å². The molecule has 17 heavy (non-hydrogen) atoms. The zero-order chi connectivity index (χ0) is 12.3. The first kappa shape index (κ1) is 12.4. The Kier molecular flexibility index (Phi) is 4.02. The highest BCUT2D eigenvalue weighted by molar-refractivity contribution is 5.37. The van der Waals surface area contributed by atoms with Gasteiger partial charge in [-0.05, 0) is 37.3 Å². The summed E-state index contributed by atoms with van der Waals surface area (Å²) in [6, 6.07) is 6.46. The van der Waals surface area contributed by atoms with Gasteiger partial charge in [0.25, 0.3) is 0 Å². The maximum atomic E-state index is 6.09. The summed E-state index contributed by atoms with van der Waals surface area (Å²) in [6.45, 7) is 3.61. The highest BCUT2D eigenvalue weighted by Gasteiger charge is 2.23. The molecule has 0 aliphatic carbocycles. The highest BCUT2D eigenvalue weighted by atomic mass is 16.5. The Balaban J connectivity index is 2.13. The molecule has 0 bridgehead atoms. The van der Waals surface area contributed by atoms with Crippen molar-refractivity contribution in [1.82, 2.24) is 0 Å². The van der Waals surface area contributed by atoms with E-state index in [1.54, 1.807) is 7.11 Å². The minimum Gasteiger partial charge on any atom is -0.496 e. The van der Waals surface area contributed by atoms with Crippen LogP contribution in [0.4, 0.5) is 0 Å². The van der Waals surface area contributed by atoms with Crippen LogP contribution in [0.15, 0.2) is 18.2 Å². The number of nitrogens with two attached hydrogens (primary N) is 1. The third kappa shape index (κ3) is 2.99. The van der Waals surface area contributed by atoms with Gasteiger partial charge in [0.1, 0.15) is 5.75 Å².